The van der Waals surface area contributed by atoms with E-state index >= 15 is 0 Å². The number of benzene rings is 7. The van der Waals surface area contributed by atoms with E-state index in [2.05, 4.69) is 126 Å². The quantitative estimate of drug-likeness (QED) is 0.186. The molecule has 0 saturated heterocycles. The van der Waals surface area contributed by atoms with Crippen LogP contribution in [0.1, 0.15) is 0 Å². The summed E-state index contributed by atoms with van der Waals surface area (Å²) in [4.78, 5) is 15.0. The first-order valence-corrected chi connectivity index (χ1v) is 17.2. The molecule has 0 unspecified atom stereocenters. The second kappa shape index (κ2) is 11.9. The fourth-order valence-corrected chi connectivity index (χ4v) is 7.57. The van der Waals surface area contributed by atoms with Crippen molar-refractivity contribution in [2.45, 2.75) is 0 Å². The van der Waals surface area contributed by atoms with E-state index in [1.54, 1.807) is 0 Å². The summed E-state index contributed by atoms with van der Waals surface area (Å²) in [6.45, 7) is 0. The minimum atomic E-state index is 0.628. The number of fused-ring (bicyclic) bond motifs is 5. The van der Waals surface area contributed by atoms with Crippen LogP contribution in [0.4, 0.5) is 0 Å². The van der Waals surface area contributed by atoms with Crippen LogP contribution in [0, 0.1) is 0 Å². The SMILES string of the molecule is c1ccc(-c2nc(-c3ccccc3)nc(-c3cccc(-n4c(-c5ccccc5)c5c6c(cccc64)-c4ccccc4-c4ccccc4-5)c3)n2)cc1. The lowest BCUT2D eigenvalue weighted by Gasteiger charge is -2.17. The van der Waals surface area contributed by atoms with Crippen LogP contribution in [0.2, 0.25) is 0 Å². The Morgan fingerprint density at radius 1 is 0.333 bits per heavy atom. The lowest BCUT2D eigenvalue weighted by molar-refractivity contribution is 1.07. The third kappa shape index (κ3) is 4.80. The molecule has 0 N–H and O–H groups in total. The molecule has 0 fully saturated rings. The van der Waals surface area contributed by atoms with Gasteiger partial charge in [0, 0.05) is 33.3 Å². The Labute approximate surface area is 296 Å². The standard InChI is InChI=1S/C47H30N4/c1-4-16-31(17-5-1)44-43-40-27-13-12-26-38(40)36-24-10-11-25-37(36)39-28-15-29-41(42(39)43)51(44)35-23-14-22-34(30-35)47-49-45(32-18-6-2-7-19-32)48-46(50-47)33-20-8-3-9-21-33/h1-30H. The summed E-state index contributed by atoms with van der Waals surface area (Å²) in [5, 5.41) is 1.25. The van der Waals surface area contributed by atoms with Gasteiger partial charge in [-0.2, -0.15) is 0 Å². The molecule has 10 rings (SSSR count). The van der Waals surface area contributed by atoms with Crippen molar-refractivity contribution >= 4 is 10.9 Å². The molecule has 2 aromatic heterocycles. The van der Waals surface area contributed by atoms with Crippen molar-refractivity contribution in [2.75, 3.05) is 0 Å². The molecule has 51 heavy (non-hydrogen) atoms. The highest BCUT2D eigenvalue weighted by molar-refractivity contribution is 6.17. The molecule has 0 atom stereocenters. The highest BCUT2D eigenvalue weighted by Crippen LogP contribution is 2.52. The van der Waals surface area contributed by atoms with Gasteiger partial charge in [-0.1, -0.05) is 164 Å². The zero-order valence-corrected chi connectivity index (χ0v) is 27.6. The van der Waals surface area contributed by atoms with Gasteiger partial charge >= 0.3 is 0 Å². The molecule has 1 aliphatic rings. The van der Waals surface area contributed by atoms with E-state index in [1.807, 2.05) is 60.7 Å². The van der Waals surface area contributed by atoms with Crippen LogP contribution in [-0.4, -0.2) is 19.5 Å². The predicted octanol–water partition coefficient (Wildman–Crippen LogP) is 11.8. The van der Waals surface area contributed by atoms with Gasteiger partial charge in [-0.3, -0.25) is 0 Å². The smallest absolute Gasteiger partial charge is 0.164 e. The van der Waals surface area contributed by atoms with Crippen LogP contribution in [0.3, 0.4) is 0 Å². The summed E-state index contributed by atoms with van der Waals surface area (Å²) in [6, 6.07) is 64.0. The van der Waals surface area contributed by atoms with E-state index in [1.165, 1.54) is 38.8 Å². The molecule has 238 valence electrons. The fraction of sp³-hybridized carbons (Fsp3) is 0. The van der Waals surface area contributed by atoms with Gasteiger partial charge < -0.3 is 4.57 Å². The third-order valence-electron chi connectivity index (χ3n) is 9.81. The molecule has 4 nitrogen and oxygen atoms in total. The summed E-state index contributed by atoms with van der Waals surface area (Å²) in [7, 11) is 0. The lowest BCUT2D eigenvalue weighted by atomic mass is 9.93. The maximum absolute atomic E-state index is 5.06. The number of nitrogens with zero attached hydrogens (tertiary/aromatic N) is 4. The van der Waals surface area contributed by atoms with Crippen molar-refractivity contribution < 1.29 is 0 Å². The molecule has 0 spiro atoms. The predicted molar refractivity (Wildman–Crippen MR) is 208 cm³/mol. The van der Waals surface area contributed by atoms with Crippen LogP contribution in [0.5, 0.6) is 0 Å². The summed E-state index contributed by atoms with van der Waals surface area (Å²) in [5.74, 6) is 1.92. The summed E-state index contributed by atoms with van der Waals surface area (Å²) >= 11 is 0. The minimum Gasteiger partial charge on any atom is -0.309 e. The number of aromatic nitrogens is 4. The molecule has 4 heteroatoms. The molecule has 0 radical (unpaired) electrons. The van der Waals surface area contributed by atoms with Gasteiger partial charge in [0.25, 0.3) is 0 Å². The van der Waals surface area contributed by atoms with Crippen LogP contribution in [-0.2, 0) is 0 Å². The van der Waals surface area contributed by atoms with Gasteiger partial charge in [-0.05, 0) is 51.6 Å². The molecule has 9 aromatic rings. The Balaban J connectivity index is 1.26. The van der Waals surface area contributed by atoms with Crippen molar-refractivity contribution in [3.63, 3.8) is 0 Å². The molecule has 7 aromatic carbocycles. The lowest BCUT2D eigenvalue weighted by Crippen LogP contribution is -2.02. The Bertz CT molecular complexity index is 2670. The van der Waals surface area contributed by atoms with Crippen molar-refractivity contribution in [2.24, 2.45) is 0 Å². The second-order valence-electron chi connectivity index (χ2n) is 12.8. The Morgan fingerprint density at radius 3 is 1.37 bits per heavy atom. The summed E-state index contributed by atoms with van der Waals surface area (Å²) in [6.07, 6.45) is 0. The van der Waals surface area contributed by atoms with E-state index in [-0.39, 0.29) is 0 Å². The number of hydrogen-bond donors (Lipinski definition) is 0. The normalized spacial score (nSPS) is 11.5. The molecule has 1 aliphatic carbocycles. The van der Waals surface area contributed by atoms with Crippen LogP contribution < -0.4 is 0 Å². The average Bonchev–Trinajstić information content (AvgIpc) is 3.51. The third-order valence-corrected chi connectivity index (χ3v) is 9.81. The zero-order valence-electron chi connectivity index (χ0n) is 27.6. The van der Waals surface area contributed by atoms with Crippen LogP contribution in [0.15, 0.2) is 182 Å². The van der Waals surface area contributed by atoms with E-state index < -0.39 is 0 Å². The van der Waals surface area contributed by atoms with E-state index in [9.17, 15) is 0 Å². The first-order valence-electron chi connectivity index (χ1n) is 17.2. The molecular weight excluding hydrogens is 621 g/mol. The van der Waals surface area contributed by atoms with E-state index in [0.717, 1.165) is 39.2 Å². The van der Waals surface area contributed by atoms with Crippen molar-refractivity contribution in [3.8, 4) is 84.5 Å². The van der Waals surface area contributed by atoms with Crippen LogP contribution >= 0.6 is 0 Å². The fourth-order valence-electron chi connectivity index (χ4n) is 7.57. The molecule has 0 aliphatic heterocycles. The van der Waals surface area contributed by atoms with Crippen molar-refractivity contribution in [1.29, 1.82) is 0 Å². The van der Waals surface area contributed by atoms with E-state index in [4.69, 9.17) is 15.0 Å². The zero-order chi connectivity index (χ0) is 33.7. The van der Waals surface area contributed by atoms with Crippen molar-refractivity contribution in [1.82, 2.24) is 19.5 Å². The highest BCUT2D eigenvalue weighted by atomic mass is 15.0. The second-order valence-corrected chi connectivity index (χ2v) is 12.8. The molecule has 0 amide bonds. The van der Waals surface area contributed by atoms with Gasteiger partial charge in [-0.25, -0.2) is 15.0 Å². The monoisotopic (exact) mass is 650 g/mol. The maximum atomic E-state index is 5.06. The van der Waals surface area contributed by atoms with Gasteiger partial charge in [0.05, 0.1) is 11.2 Å². The molecule has 2 heterocycles. The largest absolute Gasteiger partial charge is 0.309 e. The van der Waals surface area contributed by atoms with Gasteiger partial charge in [0.15, 0.2) is 17.5 Å². The minimum absolute atomic E-state index is 0.628. The first-order chi connectivity index (χ1) is 25.3. The maximum Gasteiger partial charge on any atom is 0.164 e. The summed E-state index contributed by atoms with van der Waals surface area (Å²) < 4.78 is 2.43. The molecular formula is C47H30N4. The van der Waals surface area contributed by atoms with Crippen LogP contribution in [0.25, 0.3) is 95.4 Å². The topological polar surface area (TPSA) is 43.6 Å². The highest BCUT2D eigenvalue weighted by Gasteiger charge is 2.29. The molecule has 0 bridgehead atoms. The van der Waals surface area contributed by atoms with Gasteiger partial charge in [0.1, 0.15) is 0 Å². The Hall–Kier alpha value is -6.91. The first kappa shape index (κ1) is 29.0. The molecule has 0 saturated carbocycles. The van der Waals surface area contributed by atoms with Crippen molar-refractivity contribution in [3.05, 3.63) is 182 Å². The van der Waals surface area contributed by atoms with Gasteiger partial charge in [-0.15, -0.1) is 0 Å². The Morgan fingerprint density at radius 2 is 0.765 bits per heavy atom. The number of hydrogen-bond acceptors (Lipinski definition) is 3. The van der Waals surface area contributed by atoms with E-state index in [0.29, 0.717) is 17.5 Å². The van der Waals surface area contributed by atoms with Gasteiger partial charge in [0.2, 0.25) is 0 Å². The summed E-state index contributed by atoms with van der Waals surface area (Å²) in [5.41, 5.74) is 14.7. The Kier molecular flexibility index (Phi) is 6.78. The average molecular weight is 651 g/mol. The number of rotatable bonds is 5.